The van der Waals surface area contributed by atoms with Crippen molar-refractivity contribution in [1.82, 2.24) is 4.57 Å². The molecule has 1 saturated heterocycles. The molecule has 1 aromatic heterocycles. The molecule has 1 aromatic carbocycles. The second kappa shape index (κ2) is 6.06. The first-order valence-electron chi connectivity index (χ1n) is 7.16. The highest BCUT2D eigenvalue weighted by Gasteiger charge is 2.14. The summed E-state index contributed by atoms with van der Waals surface area (Å²) in [6, 6.07) is 13.8. The number of nitrogens with zero attached hydrogens (tertiary/aromatic N) is 1. The van der Waals surface area contributed by atoms with Crippen LogP contribution in [0, 0.1) is 5.92 Å². The van der Waals surface area contributed by atoms with Crippen molar-refractivity contribution in [2.24, 2.45) is 5.92 Å². The van der Waals surface area contributed by atoms with Crippen molar-refractivity contribution in [3.05, 3.63) is 59.0 Å². The Morgan fingerprint density at radius 3 is 2.50 bits per heavy atom. The normalized spacial score (nSPS) is 16.2. The Bertz CT molecular complexity index is 612. The summed E-state index contributed by atoms with van der Waals surface area (Å²) in [5, 5.41) is 0. The van der Waals surface area contributed by atoms with Crippen molar-refractivity contribution in [2.75, 3.05) is 13.2 Å². The summed E-state index contributed by atoms with van der Waals surface area (Å²) < 4.78 is 7.18. The molecule has 2 heterocycles. The van der Waals surface area contributed by atoms with Gasteiger partial charge in [0.2, 0.25) is 0 Å². The lowest BCUT2D eigenvalue weighted by Crippen LogP contribution is -2.26. The van der Waals surface area contributed by atoms with Crippen LogP contribution in [0.2, 0.25) is 0 Å². The number of hydrogen-bond donors (Lipinski definition) is 0. The Hall–Kier alpha value is -1.87. The summed E-state index contributed by atoms with van der Waals surface area (Å²) in [7, 11) is 0. The molecular formula is C17H19NO2. The van der Waals surface area contributed by atoms with Crippen molar-refractivity contribution >= 4 is 0 Å². The molecule has 0 aliphatic carbocycles. The number of benzene rings is 1. The molecule has 3 heteroatoms. The molecule has 0 N–H and O–H groups in total. The van der Waals surface area contributed by atoms with Gasteiger partial charge in [-0.1, -0.05) is 30.3 Å². The van der Waals surface area contributed by atoms with E-state index in [4.69, 9.17) is 4.74 Å². The third kappa shape index (κ3) is 2.99. The van der Waals surface area contributed by atoms with Crippen LogP contribution in [0.1, 0.15) is 12.8 Å². The van der Waals surface area contributed by atoms with Gasteiger partial charge in [0.1, 0.15) is 0 Å². The molecule has 1 aliphatic heterocycles. The SMILES string of the molecule is O=c1cc(-c2ccccc2)ccn1CC1CCOCC1. The Kier molecular flexibility index (Phi) is 3.97. The molecule has 0 atom stereocenters. The average Bonchev–Trinajstić information content (AvgIpc) is 2.51. The number of hydrogen-bond acceptors (Lipinski definition) is 2. The van der Waals surface area contributed by atoms with Gasteiger partial charge in [-0.25, -0.2) is 0 Å². The minimum atomic E-state index is 0.0813. The Balaban J connectivity index is 1.79. The van der Waals surface area contributed by atoms with Crippen molar-refractivity contribution in [2.45, 2.75) is 19.4 Å². The minimum Gasteiger partial charge on any atom is -0.381 e. The molecule has 3 nitrogen and oxygen atoms in total. The van der Waals surface area contributed by atoms with Gasteiger partial charge < -0.3 is 9.30 Å². The summed E-state index contributed by atoms with van der Waals surface area (Å²) in [5.41, 5.74) is 2.15. The van der Waals surface area contributed by atoms with Gasteiger partial charge in [-0.05, 0) is 36.0 Å². The zero-order valence-corrected chi connectivity index (χ0v) is 11.5. The zero-order chi connectivity index (χ0) is 13.8. The van der Waals surface area contributed by atoms with Crippen LogP contribution < -0.4 is 5.56 Å². The van der Waals surface area contributed by atoms with Gasteiger partial charge in [0, 0.05) is 32.0 Å². The van der Waals surface area contributed by atoms with E-state index in [9.17, 15) is 4.79 Å². The largest absolute Gasteiger partial charge is 0.381 e. The summed E-state index contributed by atoms with van der Waals surface area (Å²) in [6.45, 7) is 2.44. The summed E-state index contributed by atoms with van der Waals surface area (Å²) >= 11 is 0. The van der Waals surface area contributed by atoms with Gasteiger partial charge in [-0.2, -0.15) is 0 Å². The molecular weight excluding hydrogens is 250 g/mol. The number of pyridine rings is 1. The van der Waals surface area contributed by atoms with Gasteiger partial charge in [-0.15, -0.1) is 0 Å². The standard InChI is InChI=1S/C17H19NO2/c19-17-12-16(15-4-2-1-3-5-15)6-9-18(17)13-14-7-10-20-11-8-14/h1-6,9,12,14H,7-8,10-11,13H2. The molecule has 1 fully saturated rings. The summed E-state index contributed by atoms with van der Waals surface area (Å²) in [6.07, 6.45) is 4.01. The number of rotatable bonds is 3. The van der Waals surface area contributed by atoms with Gasteiger partial charge in [-0.3, -0.25) is 4.79 Å². The highest BCUT2D eigenvalue weighted by Crippen LogP contribution is 2.18. The van der Waals surface area contributed by atoms with Crippen LogP contribution in [0.5, 0.6) is 0 Å². The number of ether oxygens (including phenoxy) is 1. The predicted molar refractivity (Wildman–Crippen MR) is 79.7 cm³/mol. The molecule has 3 rings (SSSR count). The monoisotopic (exact) mass is 269 g/mol. The van der Waals surface area contributed by atoms with E-state index in [1.807, 2.05) is 47.2 Å². The Morgan fingerprint density at radius 1 is 1.05 bits per heavy atom. The van der Waals surface area contributed by atoms with Crippen LogP contribution >= 0.6 is 0 Å². The Morgan fingerprint density at radius 2 is 1.80 bits per heavy atom. The number of aromatic nitrogens is 1. The van der Waals surface area contributed by atoms with Crippen molar-refractivity contribution in [1.29, 1.82) is 0 Å². The maximum Gasteiger partial charge on any atom is 0.251 e. The second-order valence-corrected chi connectivity index (χ2v) is 5.33. The van der Waals surface area contributed by atoms with Gasteiger partial charge >= 0.3 is 0 Å². The van der Waals surface area contributed by atoms with Crippen LogP contribution in [-0.2, 0) is 11.3 Å². The average molecular weight is 269 g/mol. The van der Waals surface area contributed by atoms with Crippen molar-refractivity contribution < 1.29 is 4.74 Å². The van der Waals surface area contributed by atoms with E-state index in [0.29, 0.717) is 5.92 Å². The van der Waals surface area contributed by atoms with E-state index in [2.05, 4.69) is 0 Å². The first-order valence-corrected chi connectivity index (χ1v) is 7.16. The fourth-order valence-corrected chi connectivity index (χ4v) is 2.68. The summed E-state index contributed by atoms with van der Waals surface area (Å²) in [5.74, 6) is 0.559. The van der Waals surface area contributed by atoms with Crippen LogP contribution in [0.15, 0.2) is 53.5 Å². The van der Waals surface area contributed by atoms with E-state index in [1.54, 1.807) is 6.07 Å². The molecule has 2 aromatic rings. The lowest BCUT2D eigenvalue weighted by Gasteiger charge is -2.22. The second-order valence-electron chi connectivity index (χ2n) is 5.33. The van der Waals surface area contributed by atoms with Gasteiger partial charge in [0.15, 0.2) is 0 Å². The molecule has 1 aliphatic rings. The van der Waals surface area contributed by atoms with E-state index < -0.39 is 0 Å². The third-order valence-electron chi connectivity index (χ3n) is 3.90. The van der Waals surface area contributed by atoms with Crippen molar-refractivity contribution in [3.63, 3.8) is 0 Å². The highest BCUT2D eigenvalue weighted by atomic mass is 16.5. The van der Waals surface area contributed by atoms with Crippen LogP contribution in [-0.4, -0.2) is 17.8 Å². The Labute approximate surface area is 118 Å². The molecule has 20 heavy (non-hydrogen) atoms. The fraction of sp³-hybridized carbons (Fsp3) is 0.353. The molecule has 0 spiro atoms. The quantitative estimate of drug-likeness (QED) is 0.858. The smallest absolute Gasteiger partial charge is 0.251 e. The minimum absolute atomic E-state index is 0.0813. The van der Waals surface area contributed by atoms with Crippen LogP contribution in [0.3, 0.4) is 0 Å². The molecule has 0 radical (unpaired) electrons. The lowest BCUT2D eigenvalue weighted by molar-refractivity contribution is 0.0609. The maximum atomic E-state index is 12.2. The molecule has 0 saturated carbocycles. The van der Waals surface area contributed by atoms with Crippen molar-refractivity contribution in [3.8, 4) is 11.1 Å². The van der Waals surface area contributed by atoms with Crippen LogP contribution in [0.4, 0.5) is 0 Å². The molecule has 0 bridgehead atoms. The topological polar surface area (TPSA) is 31.2 Å². The molecule has 104 valence electrons. The predicted octanol–water partition coefficient (Wildman–Crippen LogP) is 2.94. The van der Waals surface area contributed by atoms with E-state index >= 15 is 0 Å². The van der Waals surface area contributed by atoms with E-state index in [-0.39, 0.29) is 5.56 Å². The van der Waals surface area contributed by atoms with Crippen LogP contribution in [0.25, 0.3) is 11.1 Å². The first-order chi connectivity index (χ1) is 9.83. The van der Waals surface area contributed by atoms with E-state index in [1.165, 1.54) is 0 Å². The maximum absolute atomic E-state index is 12.2. The third-order valence-corrected chi connectivity index (χ3v) is 3.90. The summed E-state index contributed by atoms with van der Waals surface area (Å²) in [4.78, 5) is 12.2. The van der Waals surface area contributed by atoms with Gasteiger partial charge in [0.05, 0.1) is 0 Å². The zero-order valence-electron chi connectivity index (χ0n) is 11.5. The highest BCUT2D eigenvalue weighted by molar-refractivity contribution is 5.62. The van der Waals surface area contributed by atoms with E-state index in [0.717, 1.165) is 43.7 Å². The first kappa shape index (κ1) is 13.1. The fourth-order valence-electron chi connectivity index (χ4n) is 2.68. The lowest BCUT2D eigenvalue weighted by atomic mass is 10.00. The van der Waals surface area contributed by atoms with Gasteiger partial charge in [0.25, 0.3) is 5.56 Å². The molecule has 0 amide bonds. The molecule has 0 unspecified atom stereocenters.